The fourth-order valence-electron chi connectivity index (χ4n) is 2.72. The lowest BCUT2D eigenvalue weighted by atomic mass is 10.2. The zero-order chi connectivity index (χ0) is 20.4. The number of nitrogens with zero attached hydrogens (tertiary/aromatic N) is 5. The van der Waals surface area contributed by atoms with E-state index in [0.717, 1.165) is 11.5 Å². The number of nitrogens with one attached hydrogen (secondary N) is 1. The summed E-state index contributed by atoms with van der Waals surface area (Å²) in [5.41, 5.74) is 2.41. The van der Waals surface area contributed by atoms with Gasteiger partial charge in [-0.1, -0.05) is 35.0 Å². The molecule has 146 valence electrons. The van der Waals surface area contributed by atoms with E-state index in [2.05, 4.69) is 25.0 Å². The summed E-state index contributed by atoms with van der Waals surface area (Å²) in [5, 5.41) is 12.1. The van der Waals surface area contributed by atoms with Crippen LogP contribution in [0.5, 0.6) is 5.75 Å². The summed E-state index contributed by atoms with van der Waals surface area (Å²) in [6.45, 7) is 1.85. The molecule has 0 saturated carbocycles. The molecule has 0 saturated heterocycles. The quantitative estimate of drug-likeness (QED) is 0.518. The van der Waals surface area contributed by atoms with Crippen LogP contribution in [0.25, 0.3) is 17.2 Å². The first kappa shape index (κ1) is 19.0. The molecule has 2 heterocycles. The Morgan fingerprint density at radius 3 is 2.76 bits per heavy atom. The van der Waals surface area contributed by atoms with Crippen LogP contribution in [0.4, 0.5) is 5.13 Å². The standard InChI is InChI=1S/C19H15ClN6O2S/c1-11-16(23-25-26(11)14-10-13(20)8-9-15(14)28-2)17-21-19(29-24-17)22-18(27)12-6-4-3-5-7-12/h3-10H,1-2H3,(H,21,22,24,27). The summed E-state index contributed by atoms with van der Waals surface area (Å²) < 4.78 is 11.3. The average molecular weight is 427 g/mol. The van der Waals surface area contributed by atoms with Crippen LogP contribution < -0.4 is 10.1 Å². The van der Waals surface area contributed by atoms with Crippen molar-refractivity contribution >= 4 is 34.2 Å². The number of rotatable bonds is 5. The molecule has 1 N–H and O–H groups in total. The molecule has 2 aromatic heterocycles. The molecule has 29 heavy (non-hydrogen) atoms. The lowest BCUT2D eigenvalue weighted by molar-refractivity contribution is 0.102. The highest BCUT2D eigenvalue weighted by molar-refractivity contribution is 7.10. The molecule has 0 aliphatic carbocycles. The smallest absolute Gasteiger partial charge is 0.257 e. The van der Waals surface area contributed by atoms with E-state index in [1.807, 2.05) is 13.0 Å². The number of hydrogen-bond donors (Lipinski definition) is 1. The Morgan fingerprint density at radius 2 is 2.00 bits per heavy atom. The van der Waals surface area contributed by atoms with Crippen LogP contribution in [-0.2, 0) is 0 Å². The van der Waals surface area contributed by atoms with E-state index in [0.29, 0.717) is 44.4 Å². The summed E-state index contributed by atoms with van der Waals surface area (Å²) in [7, 11) is 1.57. The second-order valence-electron chi connectivity index (χ2n) is 5.99. The number of methoxy groups -OCH3 is 1. The van der Waals surface area contributed by atoms with Gasteiger partial charge in [-0.3, -0.25) is 10.1 Å². The van der Waals surface area contributed by atoms with Crippen molar-refractivity contribution in [1.29, 1.82) is 0 Å². The van der Waals surface area contributed by atoms with Gasteiger partial charge in [0.1, 0.15) is 11.4 Å². The molecule has 4 aromatic rings. The highest BCUT2D eigenvalue weighted by Crippen LogP contribution is 2.29. The Hall–Kier alpha value is -3.30. The summed E-state index contributed by atoms with van der Waals surface area (Å²) in [6.07, 6.45) is 0. The average Bonchev–Trinajstić information content (AvgIpc) is 3.34. The van der Waals surface area contributed by atoms with Gasteiger partial charge in [0.25, 0.3) is 5.91 Å². The normalized spacial score (nSPS) is 10.7. The molecule has 0 radical (unpaired) electrons. The van der Waals surface area contributed by atoms with Crippen molar-refractivity contribution in [3.05, 3.63) is 64.8 Å². The van der Waals surface area contributed by atoms with Crippen molar-refractivity contribution in [1.82, 2.24) is 24.4 Å². The van der Waals surface area contributed by atoms with Crippen LogP contribution in [0.2, 0.25) is 5.02 Å². The third-order valence-corrected chi connectivity index (χ3v) is 5.02. The first-order valence-corrected chi connectivity index (χ1v) is 9.68. The molecule has 0 unspecified atom stereocenters. The highest BCUT2D eigenvalue weighted by Gasteiger charge is 2.19. The number of anilines is 1. The van der Waals surface area contributed by atoms with Crippen LogP contribution in [-0.4, -0.2) is 37.4 Å². The fourth-order valence-corrected chi connectivity index (χ4v) is 3.45. The van der Waals surface area contributed by atoms with Gasteiger partial charge in [-0.25, -0.2) is 4.68 Å². The van der Waals surface area contributed by atoms with E-state index in [1.54, 1.807) is 54.3 Å². The van der Waals surface area contributed by atoms with E-state index in [-0.39, 0.29) is 5.91 Å². The zero-order valence-corrected chi connectivity index (χ0v) is 17.0. The first-order valence-electron chi connectivity index (χ1n) is 8.53. The zero-order valence-electron chi connectivity index (χ0n) is 15.5. The summed E-state index contributed by atoms with van der Waals surface area (Å²) >= 11 is 7.20. The van der Waals surface area contributed by atoms with E-state index >= 15 is 0 Å². The molecule has 1 amide bonds. The molecule has 0 atom stereocenters. The molecule has 0 aliphatic rings. The minimum Gasteiger partial charge on any atom is -0.494 e. The minimum atomic E-state index is -0.252. The number of amides is 1. The third-order valence-electron chi connectivity index (χ3n) is 4.16. The Balaban J connectivity index is 1.61. The topological polar surface area (TPSA) is 94.8 Å². The SMILES string of the molecule is COc1ccc(Cl)cc1-n1nnc(-c2nsc(NC(=O)c3ccccc3)n2)c1C. The predicted molar refractivity (Wildman–Crippen MR) is 111 cm³/mol. The van der Waals surface area contributed by atoms with Gasteiger partial charge in [-0.2, -0.15) is 9.36 Å². The van der Waals surface area contributed by atoms with Crippen LogP contribution in [0.15, 0.2) is 48.5 Å². The van der Waals surface area contributed by atoms with Gasteiger partial charge < -0.3 is 4.74 Å². The maximum absolute atomic E-state index is 12.3. The fraction of sp³-hybridized carbons (Fsp3) is 0.105. The van der Waals surface area contributed by atoms with Gasteiger partial charge in [0, 0.05) is 22.1 Å². The molecule has 8 nitrogen and oxygen atoms in total. The number of halogens is 1. The van der Waals surface area contributed by atoms with Gasteiger partial charge >= 0.3 is 0 Å². The van der Waals surface area contributed by atoms with Gasteiger partial charge in [-0.05, 0) is 37.3 Å². The third kappa shape index (κ3) is 3.82. The Bertz CT molecular complexity index is 1170. The molecule has 0 bridgehead atoms. The lowest BCUT2D eigenvalue weighted by Gasteiger charge is -2.09. The molecular weight excluding hydrogens is 412 g/mol. The number of carbonyl (C=O) groups excluding carboxylic acids is 1. The summed E-state index contributed by atoms with van der Waals surface area (Å²) in [6, 6.07) is 14.1. The first-order chi connectivity index (χ1) is 14.1. The number of benzene rings is 2. The number of hydrogen-bond acceptors (Lipinski definition) is 7. The van der Waals surface area contributed by atoms with Crippen LogP contribution >= 0.6 is 23.1 Å². The van der Waals surface area contributed by atoms with Gasteiger partial charge in [0.15, 0.2) is 11.5 Å². The molecular formula is C19H15ClN6O2S. The van der Waals surface area contributed by atoms with Crippen molar-refractivity contribution in [3.63, 3.8) is 0 Å². The van der Waals surface area contributed by atoms with E-state index in [9.17, 15) is 4.79 Å². The lowest BCUT2D eigenvalue weighted by Crippen LogP contribution is -2.11. The van der Waals surface area contributed by atoms with E-state index in [4.69, 9.17) is 16.3 Å². The van der Waals surface area contributed by atoms with Crippen molar-refractivity contribution in [2.24, 2.45) is 0 Å². The predicted octanol–water partition coefficient (Wildman–Crippen LogP) is 4.01. The van der Waals surface area contributed by atoms with E-state index in [1.165, 1.54) is 0 Å². The largest absolute Gasteiger partial charge is 0.494 e. The van der Waals surface area contributed by atoms with Gasteiger partial charge in [-0.15, -0.1) is 5.10 Å². The minimum absolute atomic E-state index is 0.252. The molecule has 4 rings (SSSR count). The van der Waals surface area contributed by atoms with Crippen molar-refractivity contribution in [2.75, 3.05) is 12.4 Å². The maximum atomic E-state index is 12.3. The van der Waals surface area contributed by atoms with Crippen LogP contribution in [0.1, 0.15) is 16.1 Å². The Labute approximate surface area is 175 Å². The molecule has 10 heteroatoms. The Morgan fingerprint density at radius 1 is 1.21 bits per heavy atom. The molecule has 2 aromatic carbocycles. The van der Waals surface area contributed by atoms with Gasteiger partial charge in [0.2, 0.25) is 5.13 Å². The van der Waals surface area contributed by atoms with Crippen molar-refractivity contribution < 1.29 is 9.53 Å². The van der Waals surface area contributed by atoms with Gasteiger partial charge in [0.05, 0.1) is 12.8 Å². The summed E-state index contributed by atoms with van der Waals surface area (Å²) in [4.78, 5) is 16.7. The summed E-state index contributed by atoms with van der Waals surface area (Å²) in [5.74, 6) is 0.733. The molecule has 0 fully saturated rings. The number of carbonyl (C=O) groups is 1. The van der Waals surface area contributed by atoms with Crippen molar-refractivity contribution in [3.8, 4) is 23.0 Å². The second kappa shape index (κ2) is 7.98. The maximum Gasteiger partial charge on any atom is 0.257 e. The van der Waals surface area contributed by atoms with Crippen LogP contribution in [0.3, 0.4) is 0 Å². The number of aromatic nitrogens is 5. The second-order valence-corrected chi connectivity index (χ2v) is 7.18. The van der Waals surface area contributed by atoms with Crippen LogP contribution in [0, 0.1) is 6.92 Å². The Kier molecular flexibility index (Phi) is 5.24. The molecule has 0 spiro atoms. The molecule has 0 aliphatic heterocycles. The van der Waals surface area contributed by atoms with E-state index < -0.39 is 0 Å². The monoisotopic (exact) mass is 426 g/mol. The number of ether oxygens (including phenoxy) is 1. The highest BCUT2D eigenvalue weighted by atomic mass is 35.5. The van der Waals surface area contributed by atoms with Crippen molar-refractivity contribution in [2.45, 2.75) is 6.92 Å².